The molecule has 0 aliphatic rings. The number of thiol groups is 1. The second-order valence-electron chi connectivity index (χ2n) is 1.61. The van der Waals surface area contributed by atoms with E-state index in [1.54, 1.807) is 0 Å². The summed E-state index contributed by atoms with van der Waals surface area (Å²) in [4.78, 5) is 20.4. The molecular weight excluding hydrogens is 172 g/mol. The fraction of sp³-hybridized carbons (Fsp3) is 0.200. The molecule has 1 aromatic rings. The molecule has 0 fully saturated rings. The number of rotatable bonds is 2. The van der Waals surface area contributed by atoms with E-state index < -0.39 is 11.1 Å². The number of carbonyl (C=O) groups is 1. The van der Waals surface area contributed by atoms with Gasteiger partial charge in [-0.3, -0.25) is 0 Å². The number of ether oxygens (including phenoxy) is 1. The molecule has 5 nitrogen and oxygen atoms in total. The van der Waals surface area contributed by atoms with Gasteiger partial charge < -0.3 is 13.6 Å². The zero-order chi connectivity index (χ0) is 8.27. The summed E-state index contributed by atoms with van der Waals surface area (Å²) < 4.78 is 13.0. The SMILES string of the molecule is O=C(S)OCc1coc(=O)o1. The summed E-state index contributed by atoms with van der Waals surface area (Å²) in [5, 5.41) is -0.742. The van der Waals surface area contributed by atoms with Crippen molar-refractivity contribution in [1.82, 2.24) is 0 Å². The Morgan fingerprint density at radius 3 is 2.91 bits per heavy atom. The highest BCUT2D eigenvalue weighted by molar-refractivity contribution is 7.96. The van der Waals surface area contributed by atoms with Crippen molar-refractivity contribution in [3.63, 3.8) is 0 Å². The molecule has 0 aromatic carbocycles. The second-order valence-corrected chi connectivity index (χ2v) is 1.97. The first-order valence-corrected chi connectivity index (χ1v) is 3.06. The first kappa shape index (κ1) is 7.93. The Balaban J connectivity index is 2.51. The molecule has 0 saturated heterocycles. The highest BCUT2D eigenvalue weighted by Crippen LogP contribution is 1.99. The van der Waals surface area contributed by atoms with E-state index in [4.69, 9.17) is 0 Å². The Hall–Kier alpha value is -1.17. The van der Waals surface area contributed by atoms with E-state index in [1.807, 2.05) is 0 Å². The summed E-state index contributed by atoms with van der Waals surface area (Å²) in [5.74, 6) is -0.674. The lowest BCUT2D eigenvalue weighted by atomic mass is 10.6. The predicted molar refractivity (Wildman–Crippen MR) is 36.4 cm³/mol. The zero-order valence-corrected chi connectivity index (χ0v) is 6.17. The summed E-state index contributed by atoms with van der Waals surface area (Å²) in [6.07, 6.45) is 1.07. The van der Waals surface area contributed by atoms with Gasteiger partial charge in [0, 0.05) is 0 Å². The minimum absolute atomic E-state index is 0.145. The van der Waals surface area contributed by atoms with Crippen molar-refractivity contribution in [2.75, 3.05) is 0 Å². The fourth-order valence-corrected chi connectivity index (χ4v) is 0.530. The van der Waals surface area contributed by atoms with Crippen LogP contribution in [0.5, 0.6) is 0 Å². The van der Waals surface area contributed by atoms with Gasteiger partial charge in [-0.05, 0) is 0 Å². The van der Waals surface area contributed by atoms with E-state index in [0.717, 1.165) is 6.26 Å². The summed E-state index contributed by atoms with van der Waals surface area (Å²) in [5.41, 5.74) is 0. The van der Waals surface area contributed by atoms with Crippen LogP contribution in [-0.4, -0.2) is 5.30 Å². The van der Waals surface area contributed by atoms with Gasteiger partial charge >= 0.3 is 11.1 Å². The summed E-state index contributed by atoms with van der Waals surface area (Å²) >= 11 is 3.32. The topological polar surface area (TPSA) is 69.7 Å². The van der Waals surface area contributed by atoms with Gasteiger partial charge in [0.15, 0.2) is 12.4 Å². The van der Waals surface area contributed by atoms with Gasteiger partial charge in [-0.15, -0.1) is 0 Å². The molecule has 0 atom stereocenters. The maximum absolute atomic E-state index is 10.2. The molecule has 1 heterocycles. The molecule has 0 amide bonds. The fourth-order valence-electron chi connectivity index (χ4n) is 0.465. The summed E-state index contributed by atoms with van der Waals surface area (Å²) in [7, 11) is 0. The highest BCUT2D eigenvalue weighted by atomic mass is 32.1. The van der Waals surface area contributed by atoms with Crippen LogP contribution in [0.25, 0.3) is 0 Å². The molecule has 0 bridgehead atoms. The van der Waals surface area contributed by atoms with E-state index in [9.17, 15) is 9.59 Å². The van der Waals surface area contributed by atoms with Crippen LogP contribution in [0, 0.1) is 0 Å². The summed E-state index contributed by atoms with van der Waals surface area (Å²) in [6.45, 7) is -0.145. The van der Waals surface area contributed by atoms with Crippen molar-refractivity contribution in [3.05, 3.63) is 22.6 Å². The lowest BCUT2D eigenvalue weighted by Crippen LogP contribution is -1.94. The molecule has 0 radical (unpaired) electrons. The third kappa shape index (κ3) is 2.50. The van der Waals surface area contributed by atoms with E-state index >= 15 is 0 Å². The van der Waals surface area contributed by atoms with Crippen molar-refractivity contribution in [2.45, 2.75) is 6.61 Å². The van der Waals surface area contributed by atoms with Gasteiger partial charge in [0.1, 0.15) is 6.26 Å². The molecule has 0 saturated carbocycles. The van der Waals surface area contributed by atoms with Crippen molar-refractivity contribution in [1.29, 1.82) is 0 Å². The first-order chi connectivity index (χ1) is 5.18. The normalized spacial score (nSPS) is 9.55. The van der Waals surface area contributed by atoms with Crippen LogP contribution in [0.2, 0.25) is 0 Å². The molecule has 11 heavy (non-hydrogen) atoms. The van der Waals surface area contributed by atoms with Crippen LogP contribution in [0.15, 0.2) is 19.9 Å². The molecule has 1 aromatic heterocycles. The second kappa shape index (κ2) is 3.29. The van der Waals surface area contributed by atoms with Crippen molar-refractivity contribution in [3.8, 4) is 0 Å². The molecule has 0 aliphatic carbocycles. The van der Waals surface area contributed by atoms with Crippen LogP contribution < -0.4 is 5.82 Å². The Kier molecular flexibility index (Phi) is 2.37. The van der Waals surface area contributed by atoms with Crippen LogP contribution in [0.3, 0.4) is 0 Å². The standard InChI is InChI=1S/C5H4O5S/c6-4-8-1-3(10-4)2-9-5(7)11/h1H,2H2,(H,7,11). The van der Waals surface area contributed by atoms with Crippen molar-refractivity contribution < 1.29 is 18.4 Å². The minimum atomic E-state index is -0.824. The lowest BCUT2D eigenvalue weighted by Gasteiger charge is -1.93. The predicted octanol–water partition coefficient (Wildman–Crippen LogP) is 0.799. The number of hydrogen-bond donors (Lipinski definition) is 1. The third-order valence-corrected chi connectivity index (χ3v) is 0.968. The maximum Gasteiger partial charge on any atom is 0.518 e. The maximum atomic E-state index is 10.2. The quantitative estimate of drug-likeness (QED) is 0.533. The van der Waals surface area contributed by atoms with E-state index in [2.05, 4.69) is 26.2 Å². The Labute approximate surface area is 66.4 Å². The van der Waals surface area contributed by atoms with Gasteiger partial charge in [0.25, 0.3) is 0 Å². The zero-order valence-electron chi connectivity index (χ0n) is 5.27. The smallest absolute Gasteiger partial charge is 0.449 e. The van der Waals surface area contributed by atoms with Gasteiger partial charge in [0.05, 0.1) is 0 Å². The van der Waals surface area contributed by atoms with E-state index in [-0.39, 0.29) is 12.4 Å². The van der Waals surface area contributed by atoms with E-state index in [1.165, 1.54) is 0 Å². The van der Waals surface area contributed by atoms with Crippen molar-refractivity contribution in [2.24, 2.45) is 0 Å². The third-order valence-electron chi connectivity index (χ3n) is 0.839. The minimum Gasteiger partial charge on any atom is -0.449 e. The van der Waals surface area contributed by atoms with Gasteiger partial charge in [-0.2, -0.15) is 0 Å². The molecule has 0 aliphatic heterocycles. The van der Waals surface area contributed by atoms with Crippen LogP contribution in [0.1, 0.15) is 5.76 Å². The number of carbonyl (C=O) groups excluding carboxylic acids is 1. The summed E-state index contributed by atoms with van der Waals surface area (Å²) in [6, 6.07) is 0. The van der Waals surface area contributed by atoms with Crippen LogP contribution >= 0.6 is 12.6 Å². The Morgan fingerprint density at radius 2 is 2.45 bits per heavy atom. The molecule has 1 rings (SSSR count). The van der Waals surface area contributed by atoms with Crippen molar-refractivity contribution >= 4 is 17.9 Å². The Morgan fingerprint density at radius 1 is 1.73 bits per heavy atom. The lowest BCUT2D eigenvalue weighted by molar-refractivity contribution is 0.158. The monoisotopic (exact) mass is 176 g/mol. The molecule has 0 spiro atoms. The largest absolute Gasteiger partial charge is 0.518 e. The Bertz CT molecular complexity index is 298. The average molecular weight is 176 g/mol. The molecule has 0 N–H and O–H groups in total. The average Bonchev–Trinajstić information content (AvgIpc) is 2.31. The molecule has 6 heteroatoms. The van der Waals surface area contributed by atoms with Crippen LogP contribution in [-0.2, 0) is 11.3 Å². The first-order valence-electron chi connectivity index (χ1n) is 2.61. The molecular formula is C5H4O5S. The number of hydrogen-bond acceptors (Lipinski definition) is 5. The van der Waals surface area contributed by atoms with Gasteiger partial charge in [0.2, 0.25) is 0 Å². The molecule has 0 unspecified atom stereocenters. The highest BCUT2D eigenvalue weighted by Gasteiger charge is 2.02. The van der Waals surface area contributed by atoms with Crippen LogP contribution in [0.4, 0.5) is 4.79 Å². The molecule has 60 valence electrons. The van der Waals surface area contributed by atoms with Gasteiger partial charge in [-0.25, -0.2) is 9.59 Å². The van der Waals surface area contributed by atoms with Gasteiger partial charge in [-0.1, -0.05) is 12.6 Å². The van der Waals surface area contributed by atoms with E-state index in [0.29, 0.717) is 0 Å².